The topological polar surface area (TPSA) is 78.7 Å². The molecule has 0 spiro atoms. The van der Waals surface area contributed by atoms with Crippen LogP contribution in [-0.2, 0) is 0 Å². The summed E-state index contributed by atoms with van der Waals surface area (Å²) >= 11 is 0. The highest BCUT2D eigenvalue weighted by Gasteiger charge is 2.53. The van der Waals surface area contributed by atoms with E-state index in [4.69, 9.17) is 0 Å². The van der Waals surface area contributed by atoms with Gasteiger partial charge in [0.25, 0.3) is 11.8 Å². The Hall–Kier alpha value is -2.41. The number of aromatic nitrogens is 2. The SMILES string of the molecule is CC(C)[C@H]1CN(C(=O)c2cn3c(C(=O)NC[C@@H]4CC[C@H]5C[C@@H]4C5(C)C)cccc3n2)CCN1. The molecular weight excluding hydrogens is 414 g/mol. The van der Waals surface area contributed by atoms with Crippen LogP contribution in [0.4, 0.5) is 0 Å². The van der Waals surface area contributed by atoms with Gasteiger partial charge < -0.3 is 15.5 Å². The van der Waals surface area contributed by atoms with Gasteiger partial charge in [0, 0.05) is 38.4 Å². The lowest BCUT2D eigenvalue weighted by atomic mass is 9.45. The van der Waals surface area contributed by atoms with Crippen molar-refractivity contribution in [3.8, 4) is 0 Å². The van der Waals surface area contributed by atoms with Gasteiger partial charge in [0.1, 0.15) is 17.0 Å². The lowest BCUT2D eigenvalue weighted by Crippen LogP contribution is -2.54. The summed E-state index contributed by atoms with van der Waals surface area (Å²) in [6.07, 6.45) is 5.50. The van der Waals surface area contributed by atoms with E-state index in [1.807, 2.05) is 23.1 Å². The Morgan fingerprint density at radius 3 is 2.82 bits per heavy atom. The third-order valence-electron chi connectivity index (χ3n) is 8.77. The maximum absolute atomic E-state index is 13.2. The molecule has 2 N–H and O–H groups in total. The molecule has 1 aliphatic heterocycles. The first-order valence-electron chi connectivity index (χ1n) is 12.5. The lowest BCUT2D eigenvalue weighted by molar-refractivity contribution is -0.103. The van der Waals surface area contributed by atoms with Crippen molar-refractivity contribution < 1.29 is 9.59 Å². The van der Waals surface area contributed by atoms with Crippen molar-refractivity contribution in [2.45, 2.75) is 53.0 Å². The smallest absolute Gasteiger partial charge is 0.274 e. The second-order valence-corrected chi connectivity index (χ2v) is 11.2. The highest BCUT2D eigenvalue weighted by Crippen LogP contribution is 2.61. The summed E-state index contributed by atoms with van der Waals surface area (Å²) in [6, 6.07) is 5.78. The molecule has 33 heavy (non-hydrogen) atoms. The van der Waals surface area contributed by atoms with Crippen LogP contribution in [0.5, 0.6) is 0 Å². The summed E-state index contributed by atoms with van der Waals surface area (Å²) in [5.74, 6) is 2.40. The average Bonchev–Trinajstić information content (AvgIpc) is 3.26. The highest BCUT2D eigenvalue weighted by molar-refractivity contribution is 5.95. The number of carbonyl (C=O) groups is 2. The van der Waals surface area contributed by atoms with Crippen molar-refractivity contribution in [1.82, 2.24) is 24.9 Å². The van der Waals surface area contributed by atoms with E-state index in [1.54, 1.807) is 10.6 Å². The average molecular weight is 452 g/mol. The van der Waals surface area contributed by atoms with Crippen molar-refractivity contribution in [2.24, 2.45) is 29.1 Å². The number of amides is 2. The fourth-order valence-electron chi connectivity index (χ4n) is 6.39. The number of nitrogens with one attached hydrogen (secondary N) is 2. The third-order valence-corrected chi connectivity index (χ3v) is 8.77. The Balaban J connectivity index is 1.29. The molecule has 3 heterocycles. The first-order chi connectivity index (χ1) is 15.8. The fraction of sp³-hybridized carbons (Fsp3) is 0.654. The van der Waals surface area contributed by atoms with Gasteiger partial charge in [0.15, 0.2) is 0 Å². The predicted octanol–water partition coefficient (Wildman–Crippen LogP) is 3.21. The molecule has 0 radical (unpaired) electrons. The summed E-state index contributed by atoms with van der Waals surface area (Å²) < 4.78 is 1.76. The molecule has 3 aliphatic carbocycles. The molecule has 7 heteroatoms. The summed E-state index contributed by atoms with van der Waals surface area (Å²) in [5.41, 5.74) is 1.96. The van der Waals surface area contributed by atoms with E-state index < -0.39 is 0 Å². The van der Waals surface area contributed by atoms with Gasteiger partial charge in [-0.15, -0.1) is 0 Å². The van der Waals surface area contributed by atoms with Crippen LogP contribution in [0, 0.1) is 29.1 Å². The second kappa shape index (κ2) is 8.42. The fourth-order valence-corrected chi connectivity index (χ4v) is 6.39. The Morgan fingerprint density at radius 1 is 1.27 bits per heavy atom. The van der Waals surface area contributed by atoms with Crippen molar-refractivity contribution in [2.75, 3.05) is 26.2 Å². The van der Waals surface area contributed by atoms with Crippen LogP contribution in [0.25, 0.3) is 5.65 Å². The Labute approximate surface area is 196 Å². The van der Waals surface area contributed by atoms with E-state index >= 15 is 0 Å². The molecule has 2 amide bonds. The van der Waals surface area contributed by atoms with E-state index in [1.165, 1.54) is 19.3 Å². The molecule has 0 unspecified atom stereocenters. The molecule has 0 aromatic carbocycles. The van der Waals surface area contributed by atoms with Crippen LogP contribution in [0.3, 0.4) is 0 Å². The molecule has 178 valence electrons. The molecule has 4 atom stereocenters. The van der Waals surface area contributed by atoms with Crippen molar-refractivity contribution in [1.29, 1.82) is 0 Å². The van der Waals surface area contributed by atoms with Gasteiger partial charge in [-0.3, -0.25) is 14.0 Å². The van der Waals surface area contributed by atoms with Crippen LogP contribution in [-0.4, -0.2) is 58.3 Å². The molecule has 6 rings (SSSR count). The zero-order chi connectivity index (χ0) is 23.3. The summed E-state index contributed by atoms with van der Waals surface area (Å²) in [4.78, 5) is 32.7. The number of rotatable bonds is 5. The lowest BCUT2D eigenvalue weighted by Gasteiger charge is -2.60. The monoisotopic (exact) mass is 451 g/mol. The number of pyridine rings is 1. The van der Waals surface area contributed by atoms with Crippen LogP contribution in [0.15, 0.2) is 24.4 Å². The van der Waals surface area contributed by atoms with Gasteiger partial charge in [0.2, 0.25) is 0 Å². The zero-order valence-corrected chi connectivity index (χ0v) is 20.3. The zero-order valence-electron chi connectivity index (χ0n) is 20.3. The number of imidazole rings is 1. The minimum Gasteiger partial charge on any atom is -0.350 e. The molecule has 2 aromatic heterocycles. The van der Waals surface area contributed by atoms with Crippen LogP contribution < -0.4 is 10.6 Å². The van der Waals surface area contributed by atoms with Crippen molar-refractivity contribution in [3.05, 3.63) is 35.8 Å². The maximum atomic E-state index is 13.2. The van der Waals surface area contributed by atoms with E-state index in [0.717, 1.165) is 12.5 Å². The first-order valence-corrected chi connectivity index (χ1v) is 12.5. The van der Waals surface area contributed by atoms with Crippen LogP contribution >= 0.6 is 0 Å². The number of piperazine rings is 1. The molecule has 1 saturated heterocycles. The van der Waals surface area contributed by atoms with E-state index in [9.17, 15) is 9.59 Å². The molecule has 7 nitrogen and oxygen atoms in total. The number of nitrogens with zero attached hydrogens (tertiary/aromatic N) is 3. The first kappa shape index (κ1) is 22.4. The summed E-state index contributed by atoms with van der Waals surface area (Å²) in [5, 5.41) is 6.67. The molecule has 2 aromatic rings. The molecule has 4 aliphatic rings. The molecular formula is C26H37N5O2. The molecule has 3 saturated carbocycles. The van der Waals surface area contributed by atoms with Gasteiger partial charge in [-0.1, -0.05) is 33.8 Å². The van der Waals surface area contributed by atoms with Gasteiger partial charge in [-0.05, 0) is 60.5 Å². The van der Waals surface area contributed by atoms with Crippen LogP contribution in [0.1, 0.15) is 67.9 Å². The van der Waals surface area contributed by atoms with Gasteiger partial charge in [0.05, 0.1) is 0 Å². The van der Waals surface area contributed by atoms with Crippen molar-refractivity contribution in [3.63, 3.8) is 0 Å². The Morgan fingerprint density at radius 2 is 2.09 bits per heavy atom. The van der Waals surface area contributed by atoms with Crippen LogP contribution in [0.2, 0.25) is 0 Å². The standard InChI is InChI=1S/C26H37N5O2/c1-16(2)20-14-30(11-10-27-20)25(33)21-15-31-22(6-5-7-23(31)29-21)24(32)28-13-17-8-9-18-12-19(17)26(18,3)4/h5-7,15-20,27H,8-14H2,1-4H3,(H,28,32)/t17-,18-,19-,20+/m0/s1. The highest BCUT2D eigenvalue weighted by atomic mass is 16.2. The molecule has 2 bridgehead atoms. The van der Waals surface area contributed by atoms with E-state index in [2.05, 4.69) is 43.3 Å². The number of hydrogen-bond acceptors (Lipinski definition) is 4. The van der Waals surface area contributed by atoms with Gasteiger partial charge >= 0.3 is 0 Å². The minimum atomic E-state index is -0.0988. The largest absolute Gasteiger partial charge is 0.350 e. The van der Waals surface area contributed by atoms with Crippen molar-refractivity contribution >= 4 is 17.5 Å². The van der Waals surface area contributed by atoms with E-state index in [-0.39, 0.29) is 17.9 Å². The summed E-state index contributed by atoms with van der Waals surface area (Å²) in [7, 11) is 0. The quantitative estimate of drug-likeness (QED) is 0.732. The van der Waals surface area contributed by atoms with E-state index in [0.29, 0.717) is 59.8 Å². The normalized spacial score (nSPS) is 28.6. The van der Waals surface area contributed by atoms with Gasteiger partial charge in [-0.2, -0.15) is 0 Å². The number of hydrogen-bond donors (Lipinski definition) is 2. The Kier molecular flexibility index (Phi) is 5.71. The maximum Gasteiger partial charge on any atom is 0.274 e. The minimum absolute atomic E-state index is 0.0683. The summed E-state index contributed by atoms with van der Waals surface area (Å²) in [6.45, 7) is 11.9. The van der Waals surface area contributed by atoms with Gasteiger partial charge in [-0.25, -0.2) is 4.98 Å². The third kappa shape index (κ3) is 3.94. The molecule has 4 fully saturated rings. The second-order valence-electron chi connectivity index (χ2n) is 11.2. The Bertz CT molecular complexity index is 1060. The number of carbonyl (C=O) groups excluding carboxylic acids is 2. The predicted molar refractivity (Wildman–Crippen MR) is 128 cm³/mol. The number of fused-ring (bicyclic) bond motifs is 3.